The van der Waals surface area contributed by atoms with Gasteiger partial charge in [0.15, 0.2) is 0 Å². The third-order valence-electron chi connectivity index (χ3n) is 4.61. The fourth-order valence-electron chi connectivity index (χ4n) is 3.40. The summed E-state index contributed by atoms with van der Waals surface area (Å²) in [5.41, 5.74) is 16.1. The Morgan fingerprint density at radius 3 is 2.15 bits per heavy atom. The van der Waals surface area contributed by atoms with Crippen molar-refractivity contribution in [2.75, 3.05) is 0 Å². The van der Waals surface area contributed by atoms with Gasteiger partial charge in [0.2, 0.25) is 0 Å². The van der Waals surface area contributed by atoms with Crippen LogP contribution in [0.4, 0.5) is 0 Å². The molecule has 142 valence electrons. The van der Waals surface area contributed by atoms with Gasteiger partial charge in [0.05, 0.1) is 5.69 Å². The summed E-state index contributed by atoms with van der Waals surface area (Å²) in [6, 6.07) is 10.1. The Morgan fingerprint density at radius 2 is 1.62 bits per heavy atom. The number of aromatic nitrogens is 2. The van der Waals surface area contributed by atoms with E-state index in [1.54, 1.807) is 6.20 Å². The summed E-state index contributed by atoms with van der Waals surface area (Å²) in [6.07, 6.45) is 6.40. The van der Waals surface area contributed by atoms with Crippen molar-refractivity contribution in [1.29, 1.82) is 0 Å². The second kappa shape index (κ2) is 8.28. The molecule has 2 atom stereocenters. The zero-order valence-electron chi connectivity index (χ0n) is 16.9. The van der Waals surface area contributed by atoms with Gasteiger partial charge in [0, 0.05) is 30.2 Å². The first-order chi connectivity index (χ1) is 12.1. The molecule has 2 heterocycles. The van der Waals surface area contributed by atoms with Gasteiger partial charge in [-0.1, -0.05) is 46.8 Å². The lowest BCUT2D eigenvalue weighted by Gasteiger charge is -2.28. The Balaban J connectivity index is 1.98. The predicted octanol–water partition coefficient (Wildman–Crippen LogP) is 4.57. The molecule has 4 N–H and O–H groups in total. The molecular weight excluding hydrogens is 320 g/mol. The molecule has 0 aliphatic carbocycles. The predicted molar refractivity (Wildman–Crippen MR) is 109 cm³/mol. The molecule has 26 heavy (non-hydrogen) atoms. The van der Waals surface area contributed by atoms with E-state index in [9.17, 15) is 0 Å². The second-order valence-corrected chi connectivity index (χ2v) is 9.36. The molecule has 2 aromatic heterocycles. The number of hydrogen-bond acceptors (Lipinski definition) is 4. The van der Waals surface area contributed by atoms with E-state index >= 15 is 0 Å². The second-order valence-electron chi connectivity index (χ2n) is 9.36. The smallest absolute Gasteiger partial charge is 0.0571 e. The van der Waals surface area contributed by atoms with Crippen molar-refractivity contribution in [3.63, 3.8) is 0 Å². The highest BCUT2D eigenvalue weighted by molar-refractivity contribution is 5.19. The van der Waals surface area contributed by atoms with Crippen molar-refractivity contribution in [3.8, 4) is 0 Å². The number of nitrogens with two attached hydrogens (primary N) is 2. The van der Waals surface area contributed by atoms with E-state index in [2.05, 4.69) is 56.7 Å². The van der Waals surface area contributed by atoms with Crippen molar-refractivity contribution in [2.45, 2.75) is 66.0 Å². The fraction of sp³-hybridized carbons (Fsp3) is 0.545. The minimum atomic E-state index is -0.0642. The van der Waals surface area contributed by atoms with Crippen LogP contribution in [-0.4, -0.2) is 9.97 Å². The van der Waals surface area contributed by atoms with Crippen LogP contribution in [0.5, 0.6) is 0 Å². The molecule has 4 heteroatoms. The minimum Gasteiger partial charge on any atom is -0.324 e. The normalized spacial score (nSPS) is 14.9. The molecule has 2 unspecified atom stereocenters. The lowest BCUT2D eigenvalue weighted by Crippen LogP contribution is -2.24. The molecule has 0 fully saturated rings. The van der Waals surface area contributed by atoms with Crippen molar-refractivity contribution in [1.82, 2.24) is 9.97 Å². The molecule has 2 rings (SSSR count). The first-order valence-corrected chi connectivity index (χ1v) is 9.43. The van der Waals surface area contributed by atoms with Crippen LogP contribution >= 0.6 is 0 Å². The van der Waals surface area contributed by atoms with Crippen molar-refractivity contribution < 1.29 is 0 Å². The third-order valence-corrected chi connectivity index (χ3v) is 4.61. The largest absolute Gasteiger partial charge is 0.324 e. The maximum atomic E-state index is 6.36. The molecule has 0 aliphatic heterocycles. The van der Waals surface area contributed by atoms with Crippen LogP contribution in [-0.2, 0) is 6.42 Å². The van der Waals surface area contributed by atoms with Gasteiger partial charge in [0.1, 0.15) is 0 Å². The average Bonchev–Trinajstić information content (AvgIpc) is 2.54. The zero-order valence-corrected chi connectivity index (χ0v) is 16.9. The topological polar surface area (TPSA) is 77.8 Å². The van der Waals surface area contributed by atoms with Gasteiger partial charge in [0.25, 0.3) is 0 Å². The van der Waals surface area contributed by atoms with Crippen LogP contribution in [0.15, 0.2) is 42.7 Å². The van der Waals surface area contributed by atoms with Gasteiger partial charge in [-0.2, -0.15) is 0 Å². The number of hydrogen-bond donors (Lipinski definition) is 2. The Morgan fingerprint density at radius 1 is 0.885 bits per heavy atom. The molecule has 0 radical (unpaired) electrons. The fourth-order valence-corrected chi connectivity index (χ4v) is 3.40. The SMILES string of the molecule is CC(C)(C)CC(N)c1ccc(CC(C)(C)CC(N)c2ccccn2)nc1. The van der Waals surface area contributed by atoms with Gasteiger partial charge >= 0.3 is 0 Å². The third kappa shape index (κ3) is 6.50. The molecule has 0 spiro atoms. The molecule has 4 nitrogen and oxygen atoms in total. The standard InChI is InChI=1S/C22H34N4/c1-21(2,3)13-18(23)16-9-10-17(26-15-16)12-22(4,5)14-19(24)20-8-6-7-11-25-20/h6-11,15,18-19H,12-14,23-24H2,1-5H3. The summed E-state index contributed by atoms with van der Waals surface area (Å²) in [4.78, 5) is 9.03. The summed E-state index contributed by atoms with van der Waals surface area (Å²) in [5, 5.41) is 0. The first kappa shape index (κ1) is 20.5. The van der Waals surface area contributed by atoms with Crippen LogP contribution in [0.3, 0.4) is 0 Å². The van der Waals surface area contributed by atoms with Crippen molar-refractivity contribution in [2.24, 2.45) is 22.3 Å². The van der Waals surface area contributed by atoms with E-state index in [4.69, 9.17) is 11.5 Å². The van der Waals surface area contributed by atoms with E-state index < -0.39 is 0 Å². The Hall–Kier alpha value is -1.78. The zero-order chi connectivity index (χ0) is 19.4. The van der Waals surface area contributed by atoms with Crippen LogP contribution < -0.4 is 11.5 Å². The summed E-state index contributed by atoms with van der Waals surface area (Å²) < 4.78 is 0. The highest BCUT2D eigenvalue weighted by Gasteiger charge is 2.24. The summed E-state index contributed by atoms with van der Waals surface area (Å²) in [6.45, 7) is 11.1. The van der Waals surface area contributed by atoms with Crippen LogP contribution in [0, 0.1) is 10.8 Å². The van der Waals surface area contributed by atoms with Crippen LogP contribution in [0.2, 0.25) is 0 Å². The van der Waals surface area contributed by atoms with Crippen LogP contribution in [0.25, 0.3) is 0 Å². The highest BCUT2D eigenvalue weighted by atomic mass is 14.8. The molecule has 0 saturated carbocycles. The van der Waals surface area contributed by atoms with Gasteiger partial charge in [-0.25, -0.2) is 0 Å². The quantitative estimate of drug-likeness (QED) is 0.763. The van der Waals surface area contributed by atoms with Crippen LogP contribution in [0.1, 0.15) is 76.5 Å². The van der Waals surface area contributed by atoms with Gasteiger partial charge in [-0.3, -0.25) is 9.97 Å². The van der Waals surface area contributed by atoms with Gasteiger partial charge in [-0.15, -0.1) is 0 Å². The Kier molecular flexibility index (Phi) is 6.53. The molecule has 2 aromatic rings. The van der Waals surface area contributed by atoms with Crippen molar-refractivity contribution >= 4 is 0 Å². The first-order valence-electron chi connectivity index (χ1n) is 9.43. The Labute approximate surface area is 158 Å². The molecule has 0 aliphatic rings. The maximum absolute atomic E-state index is 6.36. The van der Waals surface area contributed by atoms with Crippen molar-refractivity contribution in [3.05, 3.63) is 59.7 Å². The summed E-state index contributed by atoms with van der Waals surface area (Å²) >= 11 is 0. The number of nitrogens with zero attached hydrogens (tertiary/aromatic N) is 2. The van der Waals surface area contributed by atoms with Gasteiger partial charge < -0.3 is 11.5 Å². The molecule has 0 saturated heterocycles. The lowest BCUT2D eigenvalue weighted by molar-refractivity contribution is 0.299. The van der Waals surface area contributed by atoms with E-state index in [0.29, 0.717) is 0 Å². The average molecular weight is 355 g/mol. The van der Waals surface area contributed by atoms with E-state index in [1.165, 1.54) is 0 Å². The van der Waals surface area contributed by atoms with E-state index in [0.717, 1.165) is 36.2 Å². The monoisotopic (exact) mass is 354 g/mol. The number of rotatable bonds is 7. The maximum Gasteiger partial charge on any atom is 0.0571 e. The summed E-state index contributed by atoms with van der Waals surface area (Å²) in [7, 11) is 0. The highest BCUT2D eigenvalue weighted by Crippen LogP contribution is 2.32. The molecule has 0 amide bonds. The van der Waals surface area contributed by atoms with Gasteiger partial charge in [-0.05, 0) is 53.9 Å². The Bertz CT molecular complexity index is 672. The lowest BCUT2D eigenvalue weighted by atomic mass is 9.80. The summed E-state index contributed by atoms with van der Waals surface area (Å²) in [5.74, 6) is 0. The minimum absolute atomic E-state index is 0.0298. The molecule has 0 bridgehead atoms. The van der Waals surface area contributed by atoms with E-state index in [1.807, 2.05) is 24.4 Å². The van der Waals surface area contributed by atoms with E-state index in [-0.39, 0.29) is 22.9 Å². The molecular formula is C22H34N4. The molecule has 0 aromatic carbocycles. The number of pyridine rings is 2.